The Kier molecular flexibility index (Phi) is 2.93. The molecular weight excluding hydrogens is 212 g/mol. The highest BCUT2D eigenvalue weighted by Gasteiger charge is 2.25. The lowest BCUT2D eigenvalue weighted by Crippen LogP contribution is -2.39. The van der Waals surface area contributed by atoms with Gasteiger partial charge < -0.3 is 15.8 Å². The average molecular weight is 232 g/mol. The van der Waals surface area contributed by atoms with E-state index in [-0.39, 0.29) is 0 Å². The van der Waals surface area contributed by atoms with E-state index in [1.165, 1.54) is 24.1 Å². The van der Waals surface area contributed by atoms with Crippen molar-refractivity contribution >= 4 is 5.69 Å². The van der Waals surface area contributed by atoms with E-state index in [1.54, 1.807) is 0 Å². The van der Waals surface area contributed by atoms with Crippen molar-refractivity contribution in [3.63, 3.8) is 0 Å². The van der Waals surface area contributed by atoms with Crippen LogP contribution in [0.4, 0.5) is 5.69 Å². The summed E-state index contributed by atoms with van der Waals surface area (Å²) >= 11 is 0. The molecule has 0 unspecified atom stereocenters. The zero-order valence-electron chi connectivity index (χ0n) is 10.1. The second-order valence-electron chi connectivity index (χ2n) is 5.25. The Hall–Kier alpha value is -1.22. The highest BCUT2D eigenvalue weighted by atomic mass is 16.5. The van der Waals surface area contributed by atoms with Crippen LogP contribution in [0.15, 0.2) is 18.2 Å². The lowest BCUT2D eigenvalue weighted by Gasteiger charge is -2.32. The highest BCUT2D eigenvalue weighted by molar-refractivity contribution is 5.51. The molecule has 3 rings (SSSR count). The number of benzene rings is 1. The molecule has 3 nitrogen and oxygen atoms in total. The van der Waals surface area contributed by atoms with Gasteiger partial charge in [-0.25, -0.2) is 0 Å². The highest BCUT2D eigenvalue weighted by Crippen LogP contribution is 2.29. The molecule has 0 amide bonds. The summed E-state index contributed by atoms with van der Waals surface area (Å²) in [5.41, 5.74) is 8.34. The normalized spacial score (nSPS) is 26.6. The molecule has 0 saturated heterocycles. The molecule has 1 aromatic carbocycles. The first-order valence-corrected chi connectivity index (χ1v) is 6.56. The summed E-state index contributed by atoms with van der Waals surface area (Å²) in [5.74, 6) is 1.82. The van der Waals surface area contributed by atoms with Gasteiger partial charge in [0.05, 0.1) is 6.61 Å². The summed E-state index contributed by atoms with van der Waals surface area (Å²) in [5, 5.41) is 3.51. The van der Waals surface area contributed by atoms with Gasteiger partial charge in [0.25, 0.3) is 0 Å². The molecule has 0 radical (unpaired) electrons. The Labute approximate surface area is 102 Å². The van der Waals surface area contributed by atoms with Crippen LogP contribution < -0.4 is 15.8 Å². The summed E-state index contributed by atoms with van der Waals surface area (Å²) in [6, 6.07) is 6.87. The van der Waals surface area contributed by atoms with E-state index >= 15 is 0 Å². The first kappa shape index (κ1) is 10.9. The largest absolute Gasteiger partial charge is 0.493 e. The summed E-state index contributed by atoms with van der Waals surface area (Å²) < 4.78 is 5.61. The van der Waals surface area contributed by atoms with Crippen molar-refractivity contribution in [3.05, 3.63) is 23.8 Å². The van der Waals surface area contributed by atoms with Gasteiger partial charge in [0, 0.05) is 18.3 Å². The SMILES string of the molecule is NC1CC(CNc2ccc3c(c2)CCCO3)C1. The predicted octanol–water partition coefficient (Wildman–Crippen LogP) is 2.16. The number of anilines is 1. The fourth-order valence-corrected chi connectivity index (χ4v) is 2.69. The van der Waals surface area contributed by atoms with Crippen molar-refractivity contribution in [2.24, 2.45) is 11.7 Å². The molecule has 0 atom stereocenters. The van der Waals surface area contributed by atoms with Crippen LogP contribution in [-0.4, -0.2) is 19.2 Å². The number of aryl methyl sites for hydroxylation is 1. The quantitative estimate of drug-likeness (QED) is 0.839. The third-order valence-electron chi connectivity index (χ3n) is 3.78. The van der Waals surface area contributed by atoms with E-state index in [0.29, 0.717) is 6.04 Å². The molecule has 1 fully saturated rings. The van der Waals surface area contributed by atoms with E-state index < -0.39 is 0 Å². The number of rotatable bonds is 3. The number of hydrogen-bond acceptors (Lipinski definition) is 3. The van der Waals surface area contributed by atoms with E-state index in [1.807, 2.05) is 0 Å². The molecule has 0 aromatic heterocycles. The Morgan fingerprint density at radius 2 is 2.24 bits per heavy atom. The van der Waals surface area contributed by atoms with Crippen LogP contribution in [0.5, 0.6) is 5.75 Å². The molecular formula is C14H20N2O. The number of ether oxygens (including phenoxy) is 1. The molecule has 0 bridgehead atoms. The number of hydrogen-bond donors (Lipinski definition) is 2. The third kappa shape index (κ3) is 2.39. The first-order chi connectivity index (χ1) is 8.31. The first-order valence-electron chi connectivity index (χ1n) is 6.56. The van der Waals surface area contributed by atoms with Crippen LogP contribution in [0.1, 0.15) is 24.8 Å². The third-order valence-corrected chi connectivity index (χ3v) is 3.78. The molecule has 1 aliphatic carbocycles. The van der Waals surface area contributed by atoms with Gasteiger partial charge in [-0.15, -0.1) is 0 Å². The van der Waals surface area contributed by atoms with Crippen molar-refractivity contribution in [2.75, 3.05) is 18.5 Å². The van der Waals surface area contributed by atoms with Gasteiger partial charge in [-0.1, -0.05) is 0 Å². The molecule has 1 aliphatic heterocycles. The van der Waals surface area contributed by atoms with Gasteiger partial charge in [0.1, 0.15) is 5.75 Å². The summed E-state index contributed by atoms with van der Waals surface area (Å²) in [6.07, 6.45) is 4.61. The second-order valence-corrected chi connectivity index (χ2v) is 5.25. The fourth-order valence-electron chi connectivity index (χ4n) is 2.69. The lowest BCUT2D eigenvalue weighted by atomic mass is 9.81. The molecule has 1 heterocycles. The Bertz CT molecular complexity index is 399. The van der Waals surface area contributed by atoms with Gasteiger partial charge >= 0.3 is 0 Å². The van der Waals surface area contributed by atoms with Crippen LogP contribution in [0.25, 0.3) is 0 Å². The van der Waals surface area contributed by atoms with Crippen LogP contribution in [0, 0.1) is 5.92 Å². The summed E-state index contributed by atoms with van der Waals surface area (Å²) in [6.45, 7) is 1.91. The minimum Gasteiger partial charge on any atom is -0.493 e. The maximum atomic E-state index is 5.78. The molecule has 1 saturated carbocycles. The number of nitrogens with one attached hydrogen (secondary N) is 1. The molecule has 0 spiro atoms. The maximum Gasteiger partial charge on any atom is 0.122 e. The van der Waals surface area contributed by atoms with Crippen molar-refractivity contribution in [3.8, 4) is 5.75 Å². The molecule has 92 valence electrons. The molecule has 1 aromatic rings. The van der Waals surface area contributed by atoms with Crippen molar-refractivity contribution in [2.45, 2.75) is 31.7 Å². The van der Waals surface area contributed by atoms with Gasteiger partial charge in [-0.3, -0.25) is 0 Å². The Balaban J connectivity index is 1.59. The van der Waals surface area contributed by atoms with E-state index in [4.69, 9.17) is 10.5 Å². The standard InChI is InChI=1S/C14H20N2O/c15-12-6-10(7-12)9-16-13-3-4-14-11(8-13)2-1-5-17-14/h3-4,8,10,12,16H,1-2,5-7,9,15H2. The fraction of sp³-hybridized carbons (Fsp3) is 0.571. The van der Waals surface area contributed by atoms with Gasteiger partial charge in [-0.2, -0.15) is 0 Å². The minimum absolute atomic E-state index is 0.443. The number of fused-ring (bicyclic) bond motifs is 1. The molecule has 3 N–H and O–H groups in total. The summed E-state index contributed by atoms with van der Waals surface area (Å²) in [7, 11) is 0. The molecule has 17 heavy (non-hydrogen) atoms. The second kappa shape index (κ2) is 4.57. The van der Waals surface area contributed by atoms with E-state index in [9.17, 15) is 0 Å². The van der Waals surface area contributed by atoms with Crippen LogP contribution in [0.3, 0.4) is 0 Å². The monoisotopic (exact) mass is 232 g/mol. The predicted molar refractivity (Wildman–Crippen MR) is 69.4 cm³/mol. The lowest BCUT2D eigenvalue weighted by molar-refractivity contribution is 0.280. The van der Waals surface area contributed by atoms with Crippen molar-refractivity contribution in [1.29, 1.82) is 0 Å². The Morgan fingerprint density at radius 3 is 3.06 bits per heavy atom. The van der Waals surface area contributed by atoms with Crippen LogP contribution in [0.2, 0.25) is 0 Å². The smallest absolute Gasteiger partial charge is 0.122 e. The topological polar surface area (TPSA) is 47.3 Å². The van der Waals surface area contributed by atoms with Gasteiger partial charge in [-0.05, 0) is 55.4 Å². The van der Waals surface area contributed by atoms with E-state index in [0.717, 1.165) is 37.7 Å². The van der Waals surface area contributed by atoms with Gasteiger partial charge in [0.15, 0.2) is 0 Å². The zero-order valence-corrected chi connectivity index (χ0v) is 10.1. The van der Waals surface area contributed by atoms with Gasteiger partial charge in [0.2, 0.25) is 0 Å². The minimum atomic E-state index is 0.443. The number of nitrogens with two attached hydrogens (primary N) is 1. The van der Waals surface area contributed by atoms with Crippen LogP contribution >= 0.6 is 0 Å². The van der Waals surface area contributed by atoms with E-state index in [2.05, 4.69) is 23.5 Å². The zero-order chi connectivity index (χ0) is 11.7. The Morgan fingerprint density at radius 1 is 1.35 bits per heavy atom. The maximum absolute atomic E-state index is 5.78. The van der Waals surface area contributed by atoms with Crippen molar-refractivity contribution < 1.29 is 4.74 Å². The van der Waals surface area contributed by atoms with Crippen molar-refractivity contribution in [1.82, 2.24) is 0 Å². The molecule has 2 aliphatic rings. The summed E-state index contributed by atoms with van der Waals surface area (Å²) in [4.78, 5) is 0. The van der Waals surface area contributed by atoms with Crippen LogP contribution in [-0.2, 0) is 6.42 Å². The molecule has 3 heteroatoms. The average Bonchev–Trinajstić information content (AvgIpc) is 2.33.